The predicted octanol–water partition coefficient (Wildman–Crippen LogP) is 4.16. The molecule has 1 amide bonds. The van der Waals surface area contributed by atoms with Crippen molar-refractivity contribution in [2.45, 2.75) is 61.5 Å². The van der Waals surface area contributed by atoms with Crippen molar-refractivity contribution in [1.29, 1.82) is 0 Å². The van der Waals surface area contributed by atoms with E-state index in [0.717, 1.165) is 31.2 Å². The number of methoxy groups -OCH3 is 1. The first-order valence-electron chi connectivity index (χ1n) is 13.3. The van der Waals surface area contributed by atoms with Crippen molar-refractivity contribution in [3.05, 3.63) is 96.1 Å². The maximum atomic E-state index is 13.7. The molecule has 10 heteroatoms. The highest BCUT2D eigenvalue weighted by Gasteiger charge is 2.44. The number of ether oxygens (including phenoxy) is 3. The number of amides is 1. The van der Waals surface area contributed by atoms with Crippen LogP contribution in [0.15, 0.2) is 89.8 Å². The largest absolute Gasteiger partial charge is 0.497 e. The number of carbonyl (C=O) groups excluding carboxylic acids is 1. The lowest BCUT2D eigenvalue weighted by Crippen LogP contribution is -2.69. The molecule has 0 aromatic heterocycles. The molecule has 4 rings (SSSR count). The minimum absolute atomic E-state index is 0.0337. The standard InChI is InChI=1S/C30H36N2O7S/c1-37-25-16-18-27(19-17-25)40(35,36)32-30(20-23-10-4-2-5-11-23,28(33)22-38-26-14-8-9-15-26)31-29(34)39-21-24-12-6-3-7-13-24/h2-7,10-13,16-19,26,28,32-33H,8-9,14-15,20-22H2,1H3,(H,31,34). The minimum Gasteiger partial charge on any atom is -0.497 e. The molecule has 2 unspecified atom stereocenters. The van der Waals surface area contributed by atoms with Crippen LogP contribution in [0.25, 0.3) is 0 Å². The van der Waals surface area contributed by atoms with E-state index in [9.17, 15) is 18.3 Å². The highest BCUT2D eigenvalue weighted by Crippen LogP contribution is 2.25. The van der Waals surface area contributed by atoms with Gasteiger partial charge in [-0.3, -0.25) is 5.32 Å². The summed E-state index contributed by atoms with van der Waals surface area (Å²) in [5.74, 6) is 0.488. The number of sulfonamides is 1. The first kappa shape index (κ1) is 29.5. The molecule has 9 nitrogen and oxygen atoms in total. The molecule has 3 N–H and O–H groups in total. The van der Waals surface area contributed by atoms with Crippen LogP contribution in [0, 0.1) is 0 Å². The molecular formula is C30H36N2O7S. The lowest BCUT2D eigenvalue weighted by atomic mass is 9.95. The average molecular weight is 569 g/mol. The van der Waals surface area contributed by atoms with Gasteiger partial charge in [-0.1, -0.05) is 73.5 Å². The SMILES string of the molecule is COc1ccc(S(=O)(=O)NC(Cc2ccccc2)(NC(=O)OCc2ccccc2)C(O)COC2CCCC2)cc1. The van der Waals surface area contributed by atoms with Crippen LogP contribution in [0.2, 0.25) is 0 Å². The average Bonchev–Trinajstić information content (AvgIpc) is 3.49. The van der Waals surface area contributed by atoms with Crippen LogP contribution in [-0.2, 0) is 32.5 Å². The van der Waals surface area contributed by atoms with Crippen LogP contribution in [0.3, 0.4) is 0 Å². The smallest absolute Gasteiger partial charge is 0.409 e. The van der Waals surface area contributed by atoms with Gasteiger partial charge < -0.3 is 19.3 Å². The van der Waals surface area contributed by atoms with E-state index < -0.39 is 27.9 Å². The third-order valence-electron chi connectivity index (χ3n) is 6.91. The second-order valence-corrected chi connectivity index (χ2v) is 11.5. The zero-order valence-corrected chi connectivity index (χ0v) is 23.3. The molecule has 1 aliphatic carbocycles. The molecule has 0 aliphatic heterocycles. The van der Waals surface area contributed by atoms with Crippen molar-refractivity contribution in [2.24, 2.45) is 0 Å². The Morgan fingerprint density at radius 3 is 2.15 bits per heavy atom. The topological polar surface area (TPSA) is 123 Å². The molecule has 3 aromatic carbocycles. The molecule has 0 heterocycles. The Morgan fingerprint density at radius 1 is 0.950 bits per heavy atom. The van der Waals surface area contributed by atoms with Crippen molar-refractivity contribution >= 4 is 16.1 Å². The van der Waals surface area contributed by atoms with E-state index >= 15 is 0 Å². The fourth-order valence-corrected chi connectivity index (χ4v) is 6.06. The molecule has 0 bridgehead atoms. The number of rotatable bonds is 13. The number of aliphatic hydroxyl groups excluding tert-OH is 1. The van der Waals surface area contributed by atoms with Gasteiger partial charge in [0.2, 0.25) is 10.0 Å². The summed E-state index contributed by atoms with van der Waals surface area (Å²) in [6.45, 7) is -0.227. The van der Waals surface area contributed by atoms with Crippen LogP contribution in [0.5, 0.6) is 5.75 Å². The van der Waals surface area contributed by atoms with Crippen LogP contribution in [0.4, 0.5) is 4.79 Å². The van der Waals surface area contributed by atoms with Crippen molar-refractivity contribution in [3.63, 3.8) is 0 Å². The van der Waals surface area contributed by atoms with Gasteiger partial charge in [0, 0.05) is 6.42 Å². The fourth-order valence-electron chi connectivity index (χ4n) is 4.71. The van der Waals surface area contributed by atoms with E-state index in [4.69, 9.17) is 14.2 Å². The molecule has 0 spiro atoms. The molecule has 3 aromatic rings. The van der Waals surface area contributed by atoms with Gasteiger partial charge in [0.1, 0.15) is 24.1 Å². The van der Waals surface area contributed by atoms with Gasteiger partial charge in [0.25, 0.3) is 0 Å². The second kappa shape index (κ2) is 13.8. The van der Waals surface area contributed by atoms with Crippen LogP contribution in [0.1, 0.15) is 36.8 Å². The molecule has 1 fully saturated rings. The Morgan fingerprint density at radius 2 is 1.55 bits per heavy atom. The van der Waals surface area contributed by atoms with Crippen LogP contribution in [-0.4, -0.2) is 51.2 Å². The van der Waals surface area contributed by atoms with Gasteiger partial charge in [-0.05, 0) is 48.2 Å². The van der Waals surface area contributed by atoms with Crippen molar-refractivity contribution in [1.82, 2.24) is 10.0 Å². The fraction of sp³-hybridized carbons (Fsp3) is 0.367. The molecule has 2 atom stereocenters. The van der Waals surface area contributed by atoms with Crippen molar-refractivity contribution in [2.75, 3.05) is 13.7 Å². The Hall–Kier alpha value is -3.44. The second-order valence-electron chi connectivity index (χ2n) is 9.86. The minimum atomic E-state index is -4.25. The quantitative estimate of drug-likeness (QED) is 0.265. The lowest BCUT2D eigenvalue weighted by molar-refractivity contribution is -0.0489. The summed E-state index contributed by atoms with van der Waals surface area (Å²) in [7, 11) is -2.77. The highest BCUT2D eigenvalue weighted by molar-refractivity contribution is 7.89. The number of hydrogen-bond donors (Lipinski definition) is 3. The molecule has 0 radical (unpaired) electrons. The summed E-state index contributed by atoms with van der Waals surface area (Å²) in [4.78, 5) is 13.1. The van der Waals surface area contributed by atoms with Gasteiger partial charge in [-0.25, -0.2) is 13.2 Å². The van der Waals surface area contributed by atoms with E-state index in [2.05, 4.69) is 10.0 Å². The predicted molar refractivity (Wildman–Crippen MR) is 150 cm³/mol. The first-order valence-corrected chi connectivity index (χ1v) is 14.8. The maximum Gasteiger partial charge on any atom is 0.409 e. The molecule has 1 saturated carbocycles. The molecule has 0 saturated heterocycles. The summed E-state index contributed by atoms with van der Waals surface area (Å²) in [5, 5.41) is 14.2. The van der Waals surface area contributed by atoms with Gasteiger partial charge in [0.15, 0.2) is 0 Å². The van der Waals surface area contributed by atoms with Crippen molar-refractivity contribution < 1.29 is 32.5 Å². The lowest BCUT2D eigenvalue weighted by Gasteiger charge is -2.39. The van der Waals surface area contributed by atoms with E-state index in [1.54, 1.807) is 36.4 Å². The number of carbonyl (C=O) groups is 1. The van der Waals surface area contributed by atoms with Gasteiger partial charge in [-0.15, -0.1) is 0 Å². The molecular weight excluding hydrogens is 532 g/mol. The number of benzene rings is 3. The van der Waals surface area contributed by atoms with Gasteiger partial charge >= 0.3 is 6.09 Å². The van der Waals surface area contributed by atoms with E-state index in [1.807, 2.05) is 24.3 Å². The van der Waals surface area contributed by atoms with Crippen molar-refractivity contribution in [3.8, 4) is 5.75 Å². The third-order valence-corrected chi connectivity index (χ3v) is 8.44. The Kier molecular flexibility index (Phi) is 10.2. The number of aliphatic hydroxyl groups is 1. The Balaban J connectivity index is 1.66. The van der Waals surface area contributed by atoms with E-state index in [0.29, 0.717) is 11.3 Å². The summed E-state index contributed by atoms with van der Waals surface area (Å²) in [6.07, 6.45) is 1.34. The van der Waals surface area contributed by atoms with E-state index in [1.165, 1.54) is 31.4 Å². The first-order chi connectivity index (χ1) is 19.3. The van der Waals surface area contributed by atoms with Crippen LogP contribution >= 0.6 is 0 Å². The molecule has 40 heavy (non-hydrogen) atoms. The monoisotopic (exact) mass is 568 g/mol. The summed E-state index contributed by atoms with van der Waals surface area (Å²) in [5.41, 5.74) is -0.453. The Bertz CT molecular complexity index is 1320. The maximum absolute atomic E-state index is 13.7. The number of hydrogen-bond acceptors (Lipinski definition) is 7. The Labute approximate surface area is 235 Å². The van der Waals surface area contributed by atoms with Crippen LogP contribution < -0.4 is 14.8 Å². The zero-order chi connectivity index (χ0) is 28.4. The number of alkyl carbamates (subject to hydrolysis) is 1. The summed E-state index contributed by atoms with van der Waals surface area (Å²) < 4.78 is 46.5. The molecule has 214 valence electrons. The normalized spacial score (nSPS) is 16.1. The van der Waals surface area contributed by atoms with Gasteiger partial charge in [-0.2, -0.15) is 4.72 Å². The number of nitrogens with one attached hydrogen (secondary N) is 2. The highest BCUT2D eigenvalue weighted by atomic mass is 32.2. The zero-order valence-electron chi connectivity index (χ0n) is 22.5. The van der Waals surface area contributed by atoms with E-state index in [-0.39, 0.29) is 30.6 Å². The third kappa shape index (κ3) is 8.04. The summed E-state index contributed by atoms with van der Waals surface area (Å²) in [6, 6.07) is 23.9. The summed E-state index contributed by atoms with van der Waals surface area (Å²) >= 11 is 0. The molecule has 1 aliphatic rings. The van der Waals surface area contributed by atoms with Gasteiger partial charge in [0.05, 0.1) is 24.7 Å².